The molecule has 1 N–H and O–H groups in total. The van der Waals surface area contributed by atoms with Crippen LogP contribution in [0.1, 0.15) is 18.4 Å². The monoisotopic (exact) mass is 271 g/mol. The van der Waals surface area contributed by atoms with Crippen molar-refractivity contribution < 1.29 is 9.53 Å². The Morgan fingerprint density at radius 1 is 1.40 bits per heavy atom. The van der Waals surface area contributed by atoms with Crippen LogP contribution in [-0.4, -0.2) is 42.6 Å². The van der Waals surface area contributed by atoms with Crippen molar-refractivity contribution in [3.8, 4) is 6.07 Å². The van der Waals surface area contributed by atoms with Crippen molar-refractivity contribution in [3.05, 3.63) is 29.8 Å². The van der Waals surface area contributed by atoms with Crippen LogP contribution in [0, 0.1) is 11.3 Å². The average Bonchev–Trinajstić information content (AvgIpc) is 2.78. The van der Waals surface area contributed by atoms with Crippen molar-refractivity contribution >= 4 is 11.6 Å². The van der Waals surface area contributed by atoms with Gasteiger partial charge in [0.15, 0.2) is 0 Å². The molecule has 0 aliphatic carbocycles. The second-order valence-corrected chi connectivity index (χ2v) is 5.39. The number of ether oxygens (including phenoxy) is 1. The molecule has 20 heavy (non-hydrogen) atoms. The van der Waals surface area contributed by atoms with Gasteiger partial charge in [0.05, 0.1) is 30.4 Å². The van der Waals surface area contributed by atoms with Crippen molar-refractivity contribution in [2.45, 2.75) is 25.0 Å². The third-order valence-electron chi connectivity index (χ3n) is 3.76. The number of rotatable bonds is 3. The molecule has 2 aliphatic rings. The van der Waals surface area contributed by atoms with Crippen molar-refractivity contribution in [1.29, 1.82) is 5.26 Å². The number of nitrogens with one attached hydrogen (secondary N) is 1. The van der Waals surface area contributed by atoms with Gasteiger partial charge in [-0.1, -0.05) is 6.07 Å². The fourth-order valence-corrected chi connectivity index (χ4v) is 2.90. The Bertz CT molecular complexity index is 540. The summed E-state index contributed by atoms with van der Waals surface area (Å²) in [5, 5.41) is 11.7. The smallest absolute Gasteiger partial charge is 0.238 e. The molecule has 0 aromatic heterocycles. The van der Waals surface area contributed by atoms with Gasteiger partial charge in [-0.2, -0.15) is 5.26 Å². The topological polar surface area (TPSA) is 65.4 Å². The van der Waals surface area contributed by atoms with Crippen LogP contribution in [0.2, 0.25) is 0 Å². The fraction of sp³-hybridized carbons (Fsp3) is 0.467. The SMILES string of the molecule is N#Cc1cccc(NC(=O)CN2CC3CCC(C2)O3)c1. The lowest BCUT2D eigenvalue weighted by atomic mass is 10.2. The molecule has 0 saturated carbocycles. The second-order valence-electron chi connectivity index (χ2n) is 5.39. The summed E-state index contributed by atoms with van der Waals surface area (Å²) in [6.07, 6.45) is 2.80. The minimum absolute atomic E-state index is 0.0404. The van der Waals surface area contributed by atoms with E-state index >= 15 is 0 Å². The minimum atomic E-state index is -0.0404. The normalized spacial score (nSPS) is 25.1. The Kier molecular flexibility index (Phi) is 3.68. The third kappa shape index (κ3) is 2.98. The Labute approximate surface area is 118 Å². The molecule has 2 fully saturated rings. The van der Waals surface area contributed by atoms with E-state index in [1.54, 1.807) is 24.3 Å². The van der Waals surface area contributed by atoms with Crippen LogP contribution < -0.4 is 5.32 Å². The number of amides is 1. The van der Waals surface area contributed by atoms with Gasteiger partial charge in [-0.25, -0.2) is 0 Å². The number of hydrogen-bond acceptors (Lipinski definition) is 4. The number of anilines is 1. The predicted molar refractivity (Wildman–Crippen MR) is 74.1 cm³/mol. The van der Waals surface area contributed by atoms with Crippen LogP contribution in [0.4, 0.5) is 5.69 Å². The van der Waals surface area contributed by atoms with Gasteiger partial charge in [-0.05, 0) is 31.0 Å². The first-order valence-corrected chi connectivity index (χ1v) is 6.91. The zero-order valence-corrected chi connectivity index (χ0v) is 11.2. The van der Waals surface area contributed by atoms with E-state index in [0.29, 0.717) is 30.0 Å². The maximum atomic E-state index is 12.0. The Hall–Kier alpha value is -1.90. The highest BCUT2D eigenvalue weighted by molar-refractivity contribution is 5.92. The molecule has 3 rings (SSSR count). The number of nitriles is 1. The van der Waals surface area contributed by atoms with E-state index in [9.17, 15) is 4.79 Å². The minimum Gasteiger partial charge on any atom is -0.372 e. The second kappa shape index (κ2) is 5.61. The van der Waals surface area contributed by atoms with E-state index in [0.717, 1.165) is 25.9 Å². The summed E-state index contributed by atoms with van der Waals surface area (Å²) < 4.78 is 5.75. The summed E-state index contributed by atoms with van der Waals surface area (Å²) in [5.74, 6) is -0.0404. The maximum absolute atomic E-state index is 12.0. The van der Waals surface area contributed by atoms with Crippen LogP contribution in [0.5, 0.6) is 0 Å². The van der Waals surface area contributed by atoms with Gasteiger partial charge >= 0.3 is 0 Å². The van der Waals surface area contributed by atoms with Gasteiger partial charge in [-0.3, -0.25) is 9.69 Å². The molecule has 2 aliphatic heterocycles. The van der Waals surface area contributed by atoms with E-state index in [1.165, 1.54) is 0 Å². The largest absolute Gasteiger partial charge is 0.372 e. The molecule has 0 spiro atoms. The first-order valence-electron chi connectivity index (χ1n) is 6.91. The number of nitrogens with zero attached hydrogens (tertiary/aromatic N) is 2. The molecule has 2 bridgehead atoms. The van der Waals surface area contributed by atoms with Crippen molar-refractivity contribution in [1.82, 2.24) is 4.90 Å². The van der Waals surface area contributed by atoms with Gasteiger partial charge in [0, 0.05) is 18.8 Å². The molecule has 2 saturated heterocycles. The van der Waals surface area contributed by atoms with Gasteiger partial charge in [0.2, 0.25) is 5.91 Å². The van der Waals surface area contributed by atoms with E-state index in [4.69, 9.17) is 10.00 Å². The zero-order valence-electron chi connectivity index (χ0n) is 11.2. The molecule has 2 unspecified atom stereocenters. The predicted octanol–water partition coefficient (Wildman–Crippen LogP) is 1.36. The Morgan fingerprint density at radius 3 is 2.85 bits per heavy atom. The van der Waals surface area contributed by atoms with Crippen molar-refractivity contribution in [2.24, 2.45) is 0 Å². The summed E-state index contributed by atoms with van der Waals surface area (Å²) in [7, 11) is 0. The van der Waals surface area contributed by atoms with Gasteiger partial charge in [0.1, 0.15) is 0 Å². The molecule has 2 atom stereocenters. The molecular formula is C15H17N3O2. The molecule has 5 heteroatoms. The molecular weight excluding hydrogens is 254 g/mol. The van der Waals surface area contributed by atoms with Crippen LogP contribution >= 0.6 is 0 Å². The van der Waals surface area contributed by atoms with Crippen molar-refractivity contribution in [2.75, 3.05) is 25.0 Å². The summed E-state index contributed by atoms with van der Waals surface area (Å²) in [6, 6.07) is 9.02. The van der Waals surface area contributed by atoms with E-state index in [-0.39, 0.29) is 5.91 Å². The van der Waals surface area contributed by atoms with Gasteiger partial charge < -0.3 is 10.1 Å². The highest BCUT2D eigenvalue weighted by atomic mass is 16.5. The maximum Gasteiger partial charge on any atom is 0.238 e. The third-order valence-corrected chi connectivity index (χ3v) is 3.76. The van der Waals surface area contributed by atoms with Crippen molar-refractivity contribution in [3.63, 3.8) is 0 Å². The summed E-state index contributed by atoms with van der Waals surface area (Å²) in [5.41, 5.74) is 1.22. The van der Waals surface area contributed by atoms with E-state index in [1.807, 2.05) is 0 Å². The Morgan fingerprint density at radius 2 is 2.15 bits per heavy atom. The number of carbonyl (C=O) groups excluding carboxylic acids is 1. The zero-order chi connectivity index (χ0) is 13.9. The lowest BCUT2D eigenvalue weighted by molar-refractivity contribution is -0.119. The van der Waals surface area contributed by atoms with Crippen LogP contribution in [0.15, 0.2) is 24.3 Å². The standard InChI is InChI=1S/C15H17N3O2/c16-7-11-2-1-3-12(6-11)17-15(19)10-18-8-13-4-5-14(9-18)20-13/h1-3,6,13-14H,4-5,8-10H2,(H,17,19). The highest BCUT2D eigenvalue weighted by Gasteiger charge is 2.34. The molecule has 1 aromatic carbocycles. The quantitative estimate of drug-likeness (QED) is 0.901. The van der Waals surface area contributed by atoms with Gasteiger partial charge in [-0.15, -0.1) is 0 Å². The molecule has 0 radical (unpaired) electrons. The summed E-state index contributed by atoms with van der Waals surface area (Å²) >= 11 is 0. The Balaban J connectivity index is 1.56. The van der Waals surface area contributed by atoms with Crippen LogP contribution in [-0.2, 0) is 9.53 Å². The summed E-state index contributed by atoms with van der Waals surface area (Å²) in [6.45, 7) is 2.05. The number of morpholine rings is 1. The lowest BCUT2D eigenvalue weighted by Crippen LogP contribution is -2.45. The molecule has 1 amide bonds. The van der Waals surface area contributed by atoms with E-state index < -0.39 is 0 Å². The van der Waals surface area contributed by atoms with E-state index in [2.05, 4.69) is 16.3 Å². The van der Waals surface area contributed by atoms with Crippen LogP contribution in [0.25, 0.3) is 0 Å². The first kappa shape index (κ1) is 13.1. The molecule has 5 nitrogen and oxygen atoms in total. The number of hydrogen-bond donors (Lipinski definition) is 1. The summed E-state index contributed by atoms with van der Waals surface area (Å²) in [4.78, 5) is 14.2. The average molecular weight is 271 g/mol. The lowest BCUT2D eigenvalue weighted by Gasteiger charge is -2.31. The fourth-order valence-electron chi connectivity index (χ4n) is 2.90. The molecule has 1 aromatic rings. The number of likely N-dealkylation sites (tertiary alicyclic amines) is 1. The molecule has 2 heterocycles. The van der Waals surface area contributed by atoms with Crippen LogP contribution in [0.3, 0.4) is 0 Å². The molecule has 104 valence electrons. The number of benzene rings is 1. The number of carbonyl (C=O) groups is 1. The van der Waals surface area contributed by atoms with Gasteiger partial charge in [0.25, 0.3) is 0 Å². The highest BCUT2D eigenvalue weighted by Crippen LogP contribution is 2.25. The number of fused-ring (bicyclic) bond motifs is 2. The first-order chi connectivity index (χ1) is 9.72.